The van der Waals surface area contributed by atoms with Gasteiger partial charge in [0, 0.05) is 41.7 Å². The third-order valence-corrected chi connectivity index (χ3v) is 9.70. The van der Waals surface area contributed by atoms with E-state index in [9.17, 15) is 9.59 Å². The Hall–Kier alpha value is -1.71. The first-order valence-corrected chi connectivity index (χ1v) is 12.2. The summed E-state index contributed by atoms with van der Waals surface area (Å²) in [4.78, 5) is 34.3. The molecule has 2 aliphatic rings. The fraction of sp³-hybridized carbons (Fsp3) is 0.450. The summed E-state index contributed by atoms with van der Waals surface area (Å²) >= 11 is 6.48. The molecule has 5 rings (SSSR count). The first-order chi connectivity index (χ1) is 13.9. The SMILES string of the molecule is Cc1csc(C(=O)N2CC3CC(NC(=O)c4sc5nccn5c4C)CC3C2)c1Br. The number of imidazole rings is 1. The van der Waals surface area contributed by atoms with Gasteiger partial charge in [-0.05, 0) is 65.4 Å². The number of rotatable bonds is 3. The van der Waals surface area contributed by atoms with E-state index in [4.69, 9.17) is 0 Å². The summed E-state index contributed by atoms with van der Waals surface area (Å²) in [6, 6.07) is 0.180. The first kappa shape index (κ1) is 19.3. The number of carbonyl (C=O) groups excluding carboxylic acids is 2. The summed E-state index contributed by atoms with van der Waals surface area (Å²) in [7, 11) is 0. The first-order valence-electron chi connectivity index (χ1n) is 9.68. The van der Waals surface area contributed by atoms with Crippen LogP contribution in [0.5, 0.6) is 0 Å². The van der Waals surface area contributed by atoms with Crippen LogP contribution >= 0.6 is 38.6 Å². The number of hydrogen-bond donors (Lipinski definition) is 1. The summed E-state index contributed by atoms with van der Waals surface area (Å²) < 4.78 is 2.88. The quantitative estimate of drug-likeness (QED) is 0.597. The predicted molar refractivity (Wildman–Crippen MR) is 118 cm³/mol. The minimum absolute atomic E-state index is 0.00565. The molecule has 9 heteroatoms. The number of carbonyl (C=O) groups is 2. The number of hydrogen-bond acceptors (Lipinski definition) is 5. The Balaban J connectivity index is 1.22. The third-order valence-electron chi connectivity index (χ3n) is 6.16. The molecule has 1 saturated carbocycles. The van der Waals surface area contributed by atoms with Gasteiger partial charge in [-0.2, -0.15) is 0 Å². The van der Waals surface area contributed by atoms with Gasteiger partial charge in [0.05, 0.1) is 0 Å². The Morgan fingerprint density at radius 1 is 1.21 bits per heavy atom. The molecule has 1 saturated heterocycles. The highest BCUT2D eigenvalue weighted by Crippen LogP contribution is 2.40. The van der Waals surface area contributed by atoms with Crippen LogP contribution in [0.1, 0.15) is 43.4 Å². The number of thiophene rings is 1. The van der Waals surface area contributed by atoms with Gasteiger partial charge in [0.1, 0.15) is 9.75 Å². The van der Waals surface area contributed by atoms with E-state index in [-0.39, 0.29) is 17.9 Å². The van der Waals surface area contributed by atoms with E-state index in [1.165, 1.54) is 22.7 Å². The number of aromatic nitrogens is 2. The smallest absolute Gasteiger partial charge is 0.265 e. The molecule has 3 aromatic rings. The lowest BCUT2D eigenvalue weighted by molar-refractivity contribution is 0.0779. The van der Waals surface area contributed by atoms with Crippen LogP contribution in [0.4, 0.5) is 0 Å². The molecule has 29 heavy (non-hydrogen) atoms. The zero-order valence-corrected chi connectivity index (χ0v) is 19.4. The Kier molecular flexibility index (Phi) is 4.79. The van der Waals surface area contributed by atoms with E-state index in [1.54, 1.807) is 6.20 Å². The maximum Gasteiger partial charge on any atom is 0.265 e. The van der Waals surface area contributed by atoms with Crippen molar-refractivity contribution in [3.63, 3.8) is 0 Å². The van der Waals surface area contributed by atoms with Crippen LogP contribution in [-0.2, 0) is 0 Å². The average Bonchev–Trinajstić information content (AvgIpc) is 3.45. The molecule has 0 aromatic carbocycles. The van der Waals surface area contributed by atoms with Crippen molar-refractivity contribution in [2.24, 2.45) is 11.8 Å². The fourth-order valence-corrected chi connectivity index (χ4v) is 7.27. The van der Waals surface area contributed by atoms with Gasteiger partial charge in [-0.3, -0.25) is 14.0 Å². The van der Waals surface area contributed by atoms with E-state index in [1.807, 2.05) is 34.7 Å². The van der Waals surface area contributed by atoms with Crippen molar-refractivity contribution in [2.45, 2.75) is 32.7 Å². The number of likely N-dealkylation sites (tertiary alicyclic amines) is 1. The molecule has 1 aliphatic heterocycles. The highest BCUT2D eigenvalue weighted by atomic mass is 79.9. The molecule has 1 N–H and O–H groups in total. The number of thiazole rings is 1. The molecule has 0 bridgehead atoms. The van der Waals surface area contributed by atoms with Crippen molar-refractivity contribution in [1.82, 2.24) is 19.6 Å². The van der Waals surface area contributed by atoms with E-state index in [2.05, 4.69) is 26.2 Å². The zero-order valence-electron chi connectivity index (χ0n) is 16.1. The number of nitrogens with zero attached hydrogens (tertiary/aromatic N) is 3. The third kappa shape index (κ3) is 3.23. The molecule has 3 aromatic heterocycles. The lowest BCUT2D eigenvalue weighted by Crippen LogP contribution is -2.35. The van der Waals surface area contributed by atoms with Gasteiger partial charge in [0.2, 0.25) is 0 Å². The Morgan fingerprint density at radius 3 is 2.55 bits per heavy atom. The molecule has 0 radical (unpaired) electrons. The van der Waals surface area contributed by atoms with E-state index in [0.29, 0.717) is 11.8 Å². The van der Waals surface area contributed by atoms with Crippen molar-refractivity contribution in [2.75, 3.05) is 13.1 Å². The van der Waals surface area contributed by atoms with E-state index < -0.39 is 0 Å². The van der Waals surface area contributed by atoms with Gasteiger partial charge in [-0.1, -0.05) is 11.3 Å². The largest absolute Gasteiger partial charge is 0.349 e. The Morgan fingerprint density at radius 2 is 1.93 bits per heavy atom. The molecule has 152 valence electrons. The standard InChI is InChI=1S/C20H21BrN4O2S2/c1-10-9-28-17(15(10)21)19(27)24-7-12-5-14(6-13(12)8-24)23-18(26)16-11(2)25-4-3-22-20(25)29-16/h3-4,9,12-14H,5-8H2,1-2H3,(H,23,26). The minimum atomic E-state index is -0.00565. The average molecular weight is 493 g/mol. The van der Waals surface area contributed by atoms with Crippen molar-refractivity contribution < 1.29 is 9.59 Å². The molecule has 4 heterocycles. The zero-order chi connectivity index (χ0) is 20.3. The molecule has 2 unspecified atom stereocenters. The number of halogens is 1. The molecule has 2 atom stereocenters. The van der Waals surface area contributed by atoms with Crippen molar-refractivity contribution >= 4 is 55.4 Å². The van der Waals surface area contributed by atoms with E-state index >= 15 is 0 Å². The van der Waals surface area contributed by atoms with Crippen molar-refractivity contribution in [1.29, 1.82) is 0 Å². The number of fused-ring (bicyclic) bond motifs is 2. The van der Waals surface area contributed by atoms with Crippen LogP contribution in [-0.4, -0.2) is 45.2 Å². The monoisotopic (exact) mass is 492 g/mol. The topological polar surface area (TPSA) is 66.7 Å². The maximum atomic E-state index is 12.9. The molecule has 0 spiro atoms. The maximum absolute atomic E-state index is 12.9. The number of aryl methyl sites for hydroxylation is 2. The summed E-state index contributed by atoms with van der Waals surface area (Å²) in [6.07, 6.45) is 5.51. The molecule has 1 aliphatic carbocycles. The second-order valence-electron chi connectivity index (χ2n) is 8.03. The van der Waals surface area contributed by atoms with Crippen LogP contribution in [0.15, 0.2) is 22.2 Å². The van der Waals surface area contributed by atoms with Crippen LogP contribution in [0.2, 0.25) is 0 Å². The summed E-state index contributed by atoms with van der Waals surface area (Å²) in [5.41, 5.74) is 2.04. The van der Waals surface area contributed by atoms with Gasteiger partial charge in [0.15, 0.2) is 4.96 Å². The second-order valence-corrected chi connectivity index (χ2v) is 10.7. The molecule has 2 fully saturated rings. The van der Waals surface area contributed by atoms with Gasteiger partial charge in [0.25, 0.3) is 11.8 Å². The number of nitrogens with one attached hydrogen (secondary N) is 1. The van der Waals surface area contributed by atoms with Gasteiger partial charge in [-0.15, -0.1) is 11.3 Å². The minimum Gasteiger partial charge on any atom is -0.349 e. The lowest BCUT2D eigenvalue weighted by Gasteiger charge is -2.19. The predicted octanol–water partition coefficient (Wildman–Crippen LogP) is 4.12. The van der Waals surface area contributed by atoms with Gasteiger partial charge in [-0.25, -0.2) is 4.98 Å². The van der Waals surface area contributed by atoms with Crippen LogP contribution in [0.25, 0.3) is 4.96 Å². The Bertz CT molecular complexity index is 1100. The van der Waals surface area contributed by atoms with E-state index in [0.717, 1.165) is 56.4 Å². The molecule has 6 nitrogen and oxygen atoms in total. The summed E-state index contributed by atoms with van der Waals surface area (Å²) in [6.45, 7) is 5.53. The van der Waals surface area contributed by atoms with Crippen LogP contribution in [0, 0.1) is 25.7 Å². The van der Waals surface area contributed by atoms with Crippen molar-refractivity contribution in [3.05, 3.63) is 43.3 Å². The highest BCUT2D eigenvalue weighted by molar-refractivity contribution is 9.10. The second kappa shape index (κ2) is 7.21. The number of amides is 2. The lowest BCUT2D eigenvalue weighted by atomic mass is 10.0. The molecular weight excluding hydrogens is 472 g/mol. The summed E-state index contributed by atoms with van der Waals surface area (Å²) in [5, 5.41) is 5.24. The molecule has 2 amide bonds. The normalized spacial score (nSPS) is 23.7. The van der Waals surface area contributed by atoms with Gasteiger partial charge < -0.3 is 10.2 Å². The van der Waals surface area contributed by atoms with Crippen LogP contribution < -0.4 is 5.32 Å². The fourth-order valence-electron chi connectivity index (χ4n) is 4.66. The highest BCUT2D eigenvalue weighted by Gasteiger charge is 2.43. The summed E-state index contributed by atoms with van der Waals surface area (Å²) in [5.74, 6) is 1.05. The molecular formula is C20H21BrN4O2S2. The van der Waals surface area contributed by atoms with Crippen LogP contribution in [0.3, 0.4) is 0 Å². The van der Waals surface area contributed by atoms with Crippen molar-refractivity contribution in [3.8, 4) is 0 Å². The van der Waals surface area contributed by atoms with Gasteiger partial charge >= 0.3 is 0 Å². The Labute approximate surface area is 185 Å².